The van der Waals surface area contributed by atoms with Crippen molar-refractivity contribution in [2.24, 2.45) is 0 Å². The van der Waals surface area contributed by atoms with Gasteiger partial charge in [-0.05, 0) is 45.0 Å². The number of benzene rings is 6. The molecular formula is C40H38O2Si2. The summed E-state index contributed by atoms with van der Waals surface area (Å²) in [6, 6.07) is 64.2. The average Bonchev–Trinajstić information content (AvgIpc) is 3.12. The van der Waals surface area contributed by atoms with Crippen LogP contribution in [0.25, 0.3) is 0 Å². The molecule has 0 saturated heterocycles. The third-order valence-electron chi connectivity index (χ3n) is 8.56. The molecule has 4 heteroatoms. The second kappa shape index (κ2) is 13.5. The molecule has 0 bridgehead atoms. The van der Waals surface area contributed by atoms with E-state index in [0.29, 0.717) is 0 Å². The van der Waals surface area contributed by atoms with Crippen molar-refractivity contribution in [3.05, 3.63) is 193 Å². The van der Waals surface area contributed by atoms with Gasteiger partial charge in [0.1, 0.15) is 12.2 Å². The SMILES string of the molecule is C[Si](O[C@H](c1ccccc1)[C@H](O[Si](C)(c1ccccc1)c1ccccc1)c1ccccc1)(c1ccccc1)c1ccccc1. The maximum Gasteiger partial charge on any atom is 0.253 e. The molecule has 0 unspecified atom stereocenters. The van der Waals surface area contributed by atoms with E-state index in [-0.39, 0.29) is 12.2 Å². The molecule has 0 aromatic heterocycles. The van der Waals surface area contributed by atoms with Crippen LogP contribution in [-0.4, -0.2) is 16.6 Å². The van der Waals surface area contributed by atoms with Gasteiger partial charge in [-0.1, -0.05) is 182 Å². The molecule has 0 spiro atoms. The normalized spacial score (nSPS) is 13.2. The Bertz CT molecular complexity index is 1500. The van der Waals surface area contributed by atoms with Gasteiger partial charge >= 0.3 is 0 Å². The zero-order valence-corrected chi connectivity index (χ0v) is 27.3. The van der Waals surface area contributed by atoms with Crippen molar-refractivity contribution in [3.63, 3.8) is 0 Å². The van der Waals surface area contributed by atoms with Gasteiger partial charge in [0, 0.05) is 0 Å². The Morgan fingerprint density at radius 2 is 0.523 bits per heavy atom. The molecule has 0 fully saturated rings. The van der Waals surface area contributed by atoms with Gasteiger partial charge in [0.25, 0.3) is 16.6 Å². The van der Waals surface area contributed by atoms with E-state index in [1.165, 1.54) is 20.7 Å². The standard InChI is InChI=1S/C40H38O2Si2/c1-43(35-25-13-5-14-26-35,36-27-15-6-16-28-36)41-39(33-21-9-3-10-22-33)40(34-23-11-4-12-24-34)42-44(2,37-29-17-7-18-30-37)38-31-19-8-20-32-38/h3-32,39-40H,1-2H3/t39-,40-/m1/s1. The maximum absolute atomic E-state index is 7.67. The van der Waals surface area contributed by atoms with Gasteiger partial charge in [-0.2, -0.15) is 0 Å². The first-order chi connectivity index (χ1) is 21.6. The lowest BCUT2D eigenvalue weighted by Crippen LogP contribution is -2.61. The summed E-state index contributed by atoms with van der Waals surface area (Å²) in [4.78, 5) is 0. The summed E-state index contributed by atoms with van der Waals surface area (Å²) in [6.07, 6.45) is -0.732. The van der Waals surface area contributed by atoms with Gasteiger partial charge in [0.05, 0.1) is 0 Å². The second-order valence-corrected chi connectivity index (χ2v) is 18.3. The van der Waals surface area contributed by atoms with Crippen molar-refractivity contribution in [2.75, 3.05) is 0 Å². The van der Waals surface area contributed by atoms with Crippen LogP contribution in [0.3, 0.4) is 0 Å². The van der Waals surface area contributed by atoms with Gasteiger partial charge in [0.15, 0.2) is 0 Å². The van der Waals surface area contributed by atoms with Crippen molar-refractivity contribution < 1.29 is 8.85 Å². The zero-order chi connectivity index (χ0) is 30.2. The van der Waals surface area contributed by atoms with Crippen molar-refractivity contribution in [1.29, 1.82) is 0 Å². The maximum atomic E-state index is 7.67. The van der Waals surface area contributed by atoms with Crippen LogP contribution >= 0.6 is 0 Å². The van der Waals surface area contributed by atoms with E-state index >= 15 is 0 Å². The fourth-order valence-corrected chi connectivity index (χ4v) is 12.1. The summed E-state index contributed by atoms with van der Waals surface area (Å²) in [5.41, 5.74) is 2.20. The van der Waals surface area contributed by atoms with E-state index in [0.717, 1.165) is 11.1 Å². The van der Waals surface area contributed by atoms with E-state index in [1.54, 1.807) is 0 Å². The number of rotatable bonds is 11. The number of hydrogen-bond acceptors (Lipinski definition) is 2. The highest BCUT2D eigenvalue weighted by atomic mass is 28.4. The first-order valence-corrected chi connectivity index (χ1v) is 20.1. The van der Waals surface area contributed by atoms with Gasteiger partial charge in [-0.15, -0.1) is 0 Å². The molecule has 218 valence electrons. The molecule has 0 aliphatic carbocycles. The predicted molar refractivity (Wildman–Crippen MR) is 188 cm³/mol. The lowest BCUT2D eigenvalue weighted by atomic mass is 9.98. The Morgan fingerprint density at radius 3 is 0.750 bits per heavy atom. The van der Waals surface area contributed by atoms with Crippen molar-refractivity contribution >= 4 is 37.4 Å². The molecule has 6 rings (SSSR count). The highest BCUT2D eigenvalue weighted by Gasteiger charge is 2.44. The third kappa shape index (κ3) is 6.30. The molecule has 0 aliphatic rings. The zero-order valence-electron chi connectivity index (χ0n) is 25.3. The lowest BCUT2D eigenvalue weighted by Gasteiger charge is -2.41. The third-order valence-corrected chi connectivity index (χ3v) is 15.7. The number of hydrogen-bond donors (Lipinski definition) is 0. The van der Waals surface area contributed by atoms with Crippen LogP contribution in [0.1, 0.15) is 23.3 Å². The van der Waals surface area contributed by atoms with Crippen LogP contribution in [0, 0.1) is 0 Å². The van der Waals surface area contributed by atoms with Crippen LogP contribution in [0.15, 0.2) is 182 Å². The molecule has 44 heavy (non-hydrogen) atoms. The van der Waals surface area contributed by atoms with Gasteiger partial charge in [0.2, 0.25) is 0 Å². The molecule has 0 aliphatic heterocycles. The minimum absolute atomic E-state index is 0.366. The molecule has 0 radical (unpaired) electrons. The summed E-state index contributed by atoms with van der Waals surface area (Å²) >= 11 is 0. The average molecular weight is 607 g/mol. The predicted octanol–water partition coefficient (Wildman–Crippen LogP) is 7.28. The molecule has 0 saturated carbocycles. The smallest absolute Gasteiger partial charge is 0.253 e. The Balaban J connectivity index is 1.55. The molecular weight excluding hydrogens is 569 g/mol. The van der Waals surface area contributed by atoms with E-state index in [1.807, 2.05) is 0 Å². The molecule has 0 heterocycles. The lowest BCUT2D eigenvalue weighted by molar-refractivity contribution is 0.0469. The topological polar surface area (TPSA) is 18.5 Å². The summed E-state index contributed by atoms with van der Waals surface area (Å²) in [5, 5.41) is 4.91. The fourth-order valence-electron chi connectivity index (χ4n) is 6.03. The van der Waals surface area contributed by atoms with Crippen molar-refractivity contribution in [3.8, 4) is 0 Å². The van der Waals surface area contributed by atoms with Crippen LogP contribution in [0.4, 0.5) is 0 Å². The highest BCUT2D eigenvalue weighted by molar-refractivity contribution is 6.97. The van der Waals surface area contributed by atoms with Crippen LogP contribution in [0.5, 0.6) is 0 Å². The van der Waals surface area contributed by atoms with Gasteiger partial charge in [-0.3, -0.25) is 0 Å². The summed E-state index contributed by atoms with van der Waals surface area (Å²) in [5.74, 6) is 0. The van der Waals surface area contributed by atoms with Gasteiger partial charge in [-0.25, -0.2) is 0 Å². The first-order valence-electron chi connectivity index (χ1n) is 15.3. The van der Waals surface area contributed by atoms with Crippen molar-refractivity contribution in [1.82, 2.24) is 0 Å². The summed E-state index contributed by atoms with van der Waals surface area (Å²) in [7, 11) is -5.48. The Morgan fingerprint density at radius 1 is 0.318 bits per heavy atom. The van der Waals surface area contributed by atoms with E-state index < -0.39 is 16.6 Å². The first kappa shape index (κ1) is 29.7. The van der Waals surface area contributed by atoms with Crippen LogP contribution in [-0.2, 0) is 8.85 Å². The second-order valence-electron chi connectivity index (χ2n) is 11.4. The van der Waals surface area contributed by atoms with Crippen LogP contribution in [0.2, 0.25) is 13.1 Å². The van der Waals surface area contributed by atoms with E-state index in [4.69, 9.17) is 8.85 Å². The van der Waals surface area contributed by atoms with E-state index in [2.05, 4.69) is 195 Å². The van der Waals surface area contributed by atoms with Gasteiger partial charge < -0.3 is 8.85 Å². The van der Waals surface area contributed by atoms with Crippen LogP contribution < -0.4 is 20.7 Å². The monoisotopic (exact) mass is 606 g/mol. The Labute approximate surface area is 263 Å². The minimum Gasteiger partial charge on any atom is -0.398 e. The molecule has 6 aromatic carbocycles. The van der Waals surface area contributed by atoms with E-state index in [9.17, 15) is 0 Å². The molecule has 2 nitrogen and oxygen atoms in total. The Hall–Kier alpha value is -4.33. The fraction of sp³-hybridized carbons (Fsp3) is 0.100. The summed E-state index contributed by atoms with van der Waals surface area (Å²) < 4.78 is 15.3. The minimum atomic E-state index is -2.74. The molecule has 6 aromatic rings. The molecule has 2 atom stereocenters. The molecule has 0 N–H and O–H groups in total. The quantitative estimate of drug-likeness (QED) is 0.144. The van der Waals surface area contributed by atoms with Crippen molar-refractivity contribution in [2.45, 2.75) is 25.3 Å². The largest absolute Gasteiger partial charge is 0.398 e. The Kier molecular flexibility index (Phi) is 9.15. The summed E-state index contributed by atoms with van der Waals surface area (Å²) in [6.45, 7) is 4.64. The highest BCUT2D eigenvalue weighted by Crippen LogP contribution is 2.39. The molecule has 0 amide bonds.